The predicted octanol–water partition coefficient (Wildman–Crippen LogP) is 3.64. The van der Waals surface area contributed by atoms with E-state index < -0.39 is 0 Å². The minimum absolute atomic E-state index is 0.0437. The number of nitrogens with two attached hydrogens (primary N) is 1. The van der Waals surface area contributed by atoms with Crippen molar-refractivity contribution < 1.29 is 4.79 Å². The van der Waals surface area contributed by atoms with E-state index in [-0.39, 0.29) is 11.4 Å². The van der Waals surface area contributed by atoms with Gasteiger partial charge in [-0.2, -0.15) is 0 Å². The number of carbonyl (C=O) groups is 1. The molecule has 0 radical (unpaired) electrons. The quantitative estimate of drug-likeness (QED) is 0.834. The Morgan fingerprint density at radius 1 is 1.44 bits per heavy atom. The zero-order valence-corrected chi connectivity index (χ0v) is 11.7. The molecule has 0 heterocycles. The molecule has 3 N–H and O–H groups in total. The lowest BCUT2D eigenvalue weighted by Gasteiger charge is -2.42. The third kappa shape index (κ3) is 2.43. The van der Waals surface area contributed by atoms with Gasteiger partial charge in [0.1, 0.15) is 0 Å². The second kappa shape index (κ2) is 4.98. The van der Waals surface area contributed by atoms with E-state index in [4.69, 9.17) is 28.9 Å². The molecule has 0 bridgehead atoms. The van der Waals surface area contributed by atoms with Crippen molar-refractivity contribution in [2.24, 2.45) is 0 Å². The molecule has 1 saturated carbocycles. The van der Waals surface area contributed by atoms with E-state index in [0.717, 1.165) is 25.7 Å². The average molecular weight is 287 g/mol. The van der Waals surface area contributed by atoms with Gasteiger partial charge < -0.3 is 11.1 Å². The van der Waals surface area contributed by atoms with Gasteiger partial charge in [-0.25, -0.2) is 0 Å². The first-order valence-corrected chi connectivity index (χ1v) is 6.80. The van der Waals surface area contributed by atoms with E-state index in [1.54, 1.807) is 12.1 Å². The fourth-order valence-electron chi connectivity index (χ4n) is 2.22. The summed E-state index contributed by atoms with van der Waals surface area (Å²) in [7, 11) is 0. The molecule has 0 saturated heterocycles. The van der Waals surface area contributed by atoms with E-state index >= 15 is 0 Å². The third-order valence-electron chi connectivity index (χ3n) is 3.68. The number of rotatable bonds is 3. The average Bonchev–Trinajstić information content (AvgIpc) is 2.29. The summed E-state index contributed by atoms with van der Waals surface area (Å²) in [5.41, 5.74) is 6.45. The third-order valence-corrected chi connectivity index (χ3v) is 4.50. The minimum atomic E-state index is -0.137. The monoisotopic (exact) mass is 286 g/mol. The maximum Gasteiger partial charge on any atom is 0.251 e. The Bertz CT molecular complexity index is 455. The van der Waals surface area contributed by atoms with Crippen LogP contribution in [0.2, 0.25) is 10.0 Å². The van der Waals surface area contributed by atoms with Gasteiger partial charge in [0.2, 0.25) is 0 Å². The van der Waals surface area contributed by atoms with Gasteiger partial charge in [-0.1, -0.05) is 30.1 Å². The van der Waals surface area contributed by atoms with Crippen molar-refractivity contribution >= 4 is 34.8 Å². The maximum atomic E-state index is 12.2. The second-order valence-electron chi connectivity index (χ2n) is 4.80. The van der Waals surface area contributed by atoms with Crippen LogP contribution in [-0.4, -0.2) is 11.4 Å². The van der Waals surface area contributed by atoms with E-state index in [1.807, 2.05) is 0 Å². The number of benzene rings is 1. The molecule has 0 aromatic heterocycles. The largest absolute Gasteiger partial charge is 0.397 e. The fraction of sp³-hybridized carbons (Fsp3) is 0.462. The fourth-order valence-corrected chi connectivity index (χ4v) is 2.56. The first-order chi connectivity index (χ1) is 8.47. The van der Waals surface area contributed by atoms with Crippen molar-refractivity contribution in [3.05, 3.63) is 27.7 Å². The molecule has 0 atom stereocenters. The van der Waals surface area contributed by atoms with Crippen LogP contribution in [0, 0.1) is 0 Å². The van der Waals surface area contributed by atoms with Gasteiger partial charge in [0.05, 0.1) is 15.7 Å². The van der Waals surface area contributed by atoms with Crippen molar-refractivity contribution in [1.82, 2.24) is 5.32 Å². The maximum absolute atomic E-state index is 12.2. The highest BCUT2D eigenvalue weighted by molar-refractivity contribution is 6.43. The SMILES string of the molecule is CCC1(NC(=O)c2cc(N)c(Cl)c(Cl)c2)CCC1. The Morgan fingerprint density at radius 2 is 2.11 bits per heavy atom. The van der Waals surface area contributed by atoms with Gasteiger partial charge in [0.15, 0.2) is 0 Å². The summed E-state index contributed by atoms with van der Waals surface area (Å²) in [4.78, 5) is 12.2. The van der Waals surface area contributed by atoms with Crippen molar-refractivity contribution in [2.45, 2.75) is 38.1 Å². The van der Waals surface area contributed by atoms with E-state index in [0.29, 0.717) is 21.3 Å². The zero-order chi connectivity index (χ0) is 13.3. The van der Waals surface area contributed by atoms with Crippen LogP contribution in [-0.2, 0) is 0 Å². The molecule has 1 aliphatic carbocycles. The van der Waals surface area contributed by atoms with Crippen molar-refractivity contribution in [3.8, 4) is 0 Å². The number of hydrogen-bond donors (Lipinski definition) is 2. The molecule has 18 heavy (non-hydrogen) atoms. The molecule has 0 aliphatic heterocycles. The van der Waals surface area contributed by atoms with Gasteiger partial charge >= 0.3 is 0 Å². The van der Waals surface area contributed by atoms with Crippen LogP contribution in [0.4, 0.5) is 5.69 Å². The van der Waals surface area contributed by atoms with Crippen LogP contribution in [0.15, 0.2) is 12.1 Å². The molecule has 98 valence electrons. The summed E-state index contributed by atoms with van der Waals surface area (Å²) in [6.45, 7) is 2.09. The summed E-state index contributed by atoms with van der Waals surface area (Å²) >= 11 is 11.8. The Balaban J connectivity index is 2.19. The van der Waals surface area contributed by atoms with Gasteiger partial charge in [-0.15, -0.1) is 0 Å². The molecule has 5 heteroatoms. The lowest BCUT2D eigenvalue weighted by Crippen LogP contribution is -2.52. The van der Waals surface area contributed by atoms with E-state index in [2.05, 4.69) is 12.2 Å². The number of amides is 1. The first-order valence-electron chi connectivity index (χ1n) is 6.04. The molecule has 1 aromatic rings. The summed E-state index contributed by atoms with van der Waals surface area (Å²) in [5.74, 6) is -0.137. The lowest BCUT2D eigenvalue weighted by atomic mass is 9.74. The van der Waals surface area contributed by atoms with Gasteiger partial charge in [0.25, 0.3) is 5.91 Å². The van der Waals surface area contributed by atoms with Gasteiger partial charge in [0, 0.05) is 11.1 Å². The van der Waals surface area contributed by atoms with Crippen LogP contribution in [0.5, 0.6) is 0 Å². The molecule has 3 nitrogen and oxygen atoms in total. The van der Waals surface area contributed by atoms with Crippen molar-refractivity contribution in [2.75, 3.05) is 5.73 Å². The minimum Gasteiger partial charge on any atom is -0.397 e. The molecule has 0 unspecified atom stereocenters. The zero-order valence-electron chi connectivity index (χ0n) is 10.2. The Kier molecular flexibility index (Phi) is 3.74. The van der Waals surface area contributed by atoms with Crippen LogP contribution in [0.3, 0.4) is 0 Å². The van der Waals surface area contributed by atoms with Crippen LogP contribution < -0.4 is 11.1 Å². The Morgan fingerprint density at radius 3 is 2.56 bits per heavy atom. The summed E-state index contributed by atoms with van der Waals surface area (Å²) < 4.78 is 0. The highest BCUT2D eigenvalue weighted by Gasteiger charge is 2.36. The molecular weight excluding hydrogens is 271 g/mol. The standard InChI is InChI=1S/C13H16Cl2N2O/c1-2-13(4-3-5-13)17-12(18)8-6-9(14)11(15)10(16)7-8/h6-7H,2-5,16H2,1H3,(H,17,18). The summed E-state index contributed by atoms with van der Waals surface area (Å²) in [6.07, 6.45) is 4.17. The van der Waals surface area contributed by atoms with Crippen LogP contribution in [0.1, 0.15) is 43.0 Å². The molecule has 0 spiro atoms. The van der Waals surface area contributed by atoms with Crippen LogP contribution in [0.25, 0.3) is 0 Å². The molecule has 2 rings (SSSR count). The number of nitrogen functional groups attached to an aromatic ring is 1. The molecule has 1 amide bonds. The van der Waals surface area contributed by atoms with Gasteiger partial charge in [-0.3, -0.25) is 4.79 Å². The summed E-state index contributed by atoms with van der Waals surface area (Å²) in [5, 5.41) is 3.67. The number of nitrogens with one attached hydrogen (secondary N) is 1. The van der Waals surface area contributed by atoms with Crippen molar-refractivity contribution in [1.29, 1.82) is 0 Å². The molecule has 1 fully saturated rings. The normalized spacial score (nSPS) is 17.1. The first kappa shape index (κ1) is 13.5. The van der Waals surface area contributed by atoms with E-state index in [1.165, 1.54) is 0 Å². The highest BCUT2D eigenvalue weighted by atomic mass is 35.5. The topological polar surface area (TPSA) is 55.1 Å². The molecular formula is C13H16Cl2N2O. The summed E-state index contributed by atoms with van der Waals surface area (Å²) in [6, 6.07) is 3.11. The number of carbonyl (C=O) groups excluding carboxylic acids is 1. The number of hydrogen-bond acceptors (Lipinski definition) is 2. The predicted molar refractivity (Wildman–Crippen MR) is 75.2 cm³/mol. The Labute approximate surface area is 117 Å². The Hall–Kier alpha value is -0.930. The van der Waals surface area contributed by atoms with Gasteiger partial charge in [-0.05, 0) is 37.8 Å². The number of halogens is 2. The van der Waals surface area contributed by atoms with Crippen LogP contribution >= 0.6 is 23.2 Å². The van der Waals surface area contributed by atoms with E-state index in [9.17, 15) is 4.79 Å². The molecule has 1 aliphatic rings. The second-order valence-corrected chi connectivity index (χ2v) is 5.59. The smallest absolute Gasteiger partial charge is 0.251 e. The lowest BCUT2D eigenvalue weighted by molar-refractivity contribution is 0.0820. The number of anilines is 1. The highest BCUT2D eigenvalue weighted by Crippen LogP contribution is 2.35. The van der Waals surface area contributed by atoms with Crippen molar-refractivity contribution in [3.63, 3.8) is 0 Å². The molecule has 1 aromatic carbocycles.